The molecule has 134 valence electrons. The van der Waals surface area contributed by atoms with E-state index in [1.54, 1.807) is 11.8 Å². The molecule has 1 N–H and O–H groups in total. The Hall–Kier alpha value is -2.50. The van der Waals surface area contributed by atoms with Crippen LogP contribution in [0.25, 0.3) is 0 Å². The summed E-state index contributed by atoms with van der Waals surface area (Å²) >= 11 is 0. The lowest BCUT2D eigenvalue weighted by atomic mass is 10.0. The van der Waals surface area contributed by atoms with Gasteiger partial charge in [0.15, 0.2) is 0 Å². The molecular formula is C19H26N4O2. The fourth-order valence-corrected chi connectivity index (χ4v) is 3.37. The molecule has 1 saturated heterocycles. The van der Waals surface area contributed by atoms with E-state index in [1.807, 2.05) is 38.1 Å². The molecule has 25 heavy (non-hydrogen) atoms. The van der Waals surface area contributed by atoms with Crippen LogP contribution >= 0.6 is 0 Å². The molecule has 1 aliphatic rings. The topological polar surface area (TPSA) is 59.4 Å². The zero-order valence-electron chi connectivity index (χ0n) is 15.2. The molecule has 0 unspecified atom stereocenters. The van der Waals surface area contributed by atoms with E-state index in [9.17, 15) is 4.79 Å². The van der Waals surface area contributed by atoms with E-state index < -0.39 is 0 Å². The van der Waals surface area contributed by atoms with Crippen LogP contribution in [0, 0.1) is 6.92 Å². The number of hydrogen-bond donors (Lipinski definition) is 1. The summed E-state index contributed by atoms with van der Waals surface area (Å²) in [5.74, 6) is 0.811. The number of rotatable bonds is 5. The van der Waals surface area contributed by atoms with Crippen molar-refractivity contribution in [2.75, 3.05) is 25.1 Å². The maximum atomic E-state index is 12.6. The minimum atomic E-state index is -0.0417. The molecule has 6 nitrogen and oxygen atoms in total. The Morgan fingerprint density at radius 2 is 2.24 bits per heavy atom. The molecule has 1 aliphatic heterocycles. The molecule has 0 radical (unpaired) electrons. The van der Waals surface area contributed by atoms with Crippen LogP contribution in [0.15, 0.2) is 30.3 Å². The molecule has 1 amide bonds. The summed E-state index contributed by atoms with van der Waals surface area (Å²) in [5, 5.41) is 7.54. The van der Waals surface area contributed by atoms with Gasteiger partial charge in [-0.25, -0.2) is 0 Å². The van der Waals surface area contributed by atoms with Crippen molar-refractivity contribution in [3.8, 4) is 5.75 Å². The lowest BCUT2D eigenvalue weighted by Gasteiger charge is -2.35. The minimum Gasteiger partial charge on any atom is -0.497 e. The molecule has 1 atom stereocenters. The van der Waals surface area contributed by atoms with Gasteiger partial charge >= 0.3 is 0 Å². The fourth-order valence-electron chi connectivity index (χ4n) is 3.37. The molecule has 0 bridgehead atoms. The largest absolute Gasteiger partial charge is 0.497 e. The summed E-state index contributed by atoms with van der Waals surface area (Å²) in [4.78, 5) is 14.9. The number of carbonyl (C=O) groups is 1. The molecule has 0 saturated carbocycles. The number of amides is 1. The van der Waals surface area contributed by atoms with Crippen LogP contribution in [-0.2, 0) is 6.54 Å². The zero-order chi connectivity index (χ0) is 17.8. The molecule has 2 heterocycles. The standard InChI is InChI=1S/C19H26N4O2/c1-4-23-18(11-14(2)21-23)19(24)20-15-7-6-10-22(13-15)16-8-5-9-17(12-16)25-3/h5,8-9,11-12,15H,4,6-7,10,13H2,1-3H3,(H,20,24)/t15-/m0/s1. The molecule has 2 aromatic rings. The van der Waals surface area contributed by atoms with Crippen molar-refractivity contribution in [2.24, 2.45) is 0 Å². The Kier molecular flexibility index (Phi) is 5.26. The summed E-state index contributed by atoms with van der Waals surface area (Å²) in [6.07, 6.45) is 2.04. The van der Waals surface area contributed by atoms with E-state index in [-0.39, 0.29) is 11.9 Å². The number of methoxy groups -OCH3 is 1. The Morgan fingerprint density at radius 1 is 1.40 bits per heavy atom. The smallest absolute Gasteiger partial charge is 0.269 e. The molecular weight excluding hydrogens is 316 g/mol. The Morgan fingerprint density at radius 3 is 3.00 bits per heavy atom. The molecule has 0 aliphatic carbocycles. The van der Waals surface area contributed by atoms with Gasteiger partial charge in [0.25, 0.3) is 5.91 Å². The normalized spacial score (nSPS) is 17.4. The van der Waals surface area contributed by atoms with Crippen molar-refractivity contribution in [1.29, 1.82) is 0 Å². The average molecular weight is 342 g/mol. The van der Waals surface area contributed by atoms with Gasteiger partial charge in [-0.3, -0.25) is 9.48 Å². The highest BCUT2D eigenvalue weighted by molar-refractivity contribution is 5.93. The Labute approximate surface area is 148 Å². The van der Waals surface area contributed by atoms with E-state index in [2.05, 4.69) is 21.4 Å². The van der Waals surface area contributed by atoms with Gasteiger partial charge in [0, 0.05) is 37.4 Å². The van der Waals surface area contributed by atoms with E-state index in [0.717, 1.165) is 43.1 Å². The number of ether oxygens (including phenoxy) is 1. The van der Waals surface area contributed by atoms with Gasteiger partial charge in [0.2, 0.25) is 0 Å². The van der Waals surface area contributed by atoms with Crippen molar-refractivity contribution < 1.29 is 9.53 Å². The number of nitrogens with zero attached hydrogens (tertiary/aromatic N) is 3. The van der Waals surface area contributed by atoms with Crippen molar-refractivity contribution in [2.45, 2.75) is 39.3 Å². The number of piperidine rings is 1. The Balaban J connectivity index is 1.68. The molecule has 3 rings (SSSR count). The first-order chi connectivity index (χ1) is 12.1. The number of aromatic nitrogens is 2. The van der Waals surface area contributed by atoms with Crippen LogP contribution in [0.5, 0.6) is 5.75 Å². The van der Waals surface area contributed by atoms with Crippen LogP contribution in [0.2, 0.25) is 0 Å². The van der Waals surface area contributed by atoms with Gasteiger partial charge in [-0.15, -0.1) is 0 Å². The summed E-state index contributed by atoms with van der Waals surface area (Å²) in [7, 11) is 1.68. The predicted octanol–water partition coefficient (Wildman–Crippen LogP) is 2.62. The molecule has 1 aromatic carbocycles. The average Bonchev–Trinajstić information content (AvgIpc) is 3.03. The first-order valence-electron chi connectivity index (χ1n) is 8.85. The van der Waals surface area contributed by atoms with Gasteiger partial charge in [-0.05, 0) is 44.9 Å². The van der Waals surface area contributed by atoms with E-state index >= 15 is 0 Å². The summed E-state index contributed by atoms with van der Waals surface area (Å²) in [6, 6.07) is 10.1. The number of nitrogens with one attached hydrogen (secondary N) is 1. The van der Waals surface area contributed by atoms with Crippen LogP contribution < -0.4 is 15.0 Å². The summed E-state index contributed by atoms with van der Waals surface area (Å²) < 4.78 is 7.07. The summed E-state index contributed by atoms with van der Waals surface area (Å²) in [5.41, 5.74) is 2.64. The van der Waals surface area contributed by atoms with Crippen molar-refractivity contribution in [3.05, 3.63) is 41.7 Å². The number of hydrogen-bond acceptors (Lipinski definition) is 4. The quantitative estimate of drug-likeness (QED) is 0.907. The lowest BCUT2D eigenvalue weighted by Crippen LogP contribution is -2.48. The number of aryl methyl sites for hydroxylation is 2. The fraction of sp³-hybridized carbons (Fsp3) is 0.474. The highest BCUT2D eigenvalue weighted by Gasteiger charge is 2.23. The lowest BCUT2D eigenvalue weighted by molar-refractivity contribution is 0.0922. The zero-order valence-corrected chi connectivity index (χ0v) is 15.2. The van der Waals surface area contributed by atoms with Crippen molar-refractivity contribution in [3.63, 3.8) is 0 Å². The van der Waals surface area contributed by atoms with Crippen LogP contribution in [0.1, 0.15) is 35.9 Å². The second-order valence-electron chi connectivity index (χ2n) is 6.45. The first kappa shape index (κ1) is 17.3. The van der Waals surface area contributed by atoms with Gasteiger partial charge < -0.3 is 15.0 Å². The Bertz CT molecular complexity index is 741. The second-order valence-corrected chi connectivity index (χ2v) is 6.45. The number of anilines is 1. The highest BCUT2D eigenvalue weighted by Crippen LogP contribution is 2.24. The van der Waals surface area contributed by atoms with E-state index in [0.29, 0.717) is 12.2 Å². The third-order valence-electron chi connectivity index (χ3n) is 4.61. The minimum absolute atomic E-state index is 0.0417. The van der Waals surface area contributed by atoms with Gasteiger partial charge in [0.1, 0.15) is 11.4 Å². The highest BCUT2D eigenvalue weighted by atomic mass is 16.5. The third kappa shape index (κ3) is 3.95. The van der Waals surface area contributed by atoms with E-state index in [4.69, 9.17) is 4.74 Å². The molecule has 1 fully saturated rings. The first-order valence-corrected chi connectivity index (χ1v) is 8.85. The number of benzene rings is 1. The van der Waals surface area contributed by atoms with Crippen LogP contribution in [-0.4, -0.2) is 41.9 Å². The van der Waals surface area contributed by atoms with Gasteiger partial charge in [0.05, 0.1) is 12.8 Å². The number of carbonyl (C=O) groups excluding carboxylic acids is 1. The SMILES string of the molecule is CCn1nc(C)cc1C(=O)N[C@H]1CCCN(c2cccc(OC)c2)C1. The predicted molar refractivity (Wildman–Crippen MR) is 98.3 cm³/mol. The van der Waals surface area contributed by atoms with Crippen molar-refractivity contribution >= 4 is 11.6 Å². The third-order valence-corrected chi connectivity index (χ3v) is 4.61. The van der Waals surface area contributed by atoms with Gasteiger partial charge in [-0.1, -0.05) is 6.07 Å². The van der Waals surface area contributed by atoms with E-state index in [1.165, 1.54) is 0 Å². The van der Waals surface area contributed by atoms with Crippen LogP contribution in [0.4, 0.5) is 5.69 Å². The van der Waals surface area contributed by atoms with Gasteiger partial charge in [-0.2, -0.15) is 5.10 Å². The molecule has 1 aromatic heterocycles. The second kappa shape index (κ2) is 7.59. The molecule has 0 spiro atoms. The van der Waals surface area contributed by atoms with Crippen LogP contribution in [0.3, 0.4) is 0 Å². The van der Waals surface area contributed by atoms with Crippen molar-refractivity contribution in [1.82, 2.24) is 15.1 Å². The molecule has 6 heteroatoms. The summed E-state index contributed by atoms with van der Waals surface area (Å²) in [6.45, 7) is 6.39. The maximum Gasteiger partial charge on any atom is 0.269 e. The monoisotopic (exact) mass is 342 g/mol. The maximum absolute atomic E-state index is 12.6.